The lowest BCUT2D eigenvalue weighted by atomic mass is 10.2. The van der Waals surface area contributed by atoms with Crippen LogP contribution in [0.2, 0.25) is 5.15 Å². The molecule has 2 aromatic rings. The monoisotopic (exact) mass is 287 g/mol. The molecule has 0 bridgehead atoms. The van der Waals surface area contributed by atoms with Crippen molar-refractivity contribution in [1.82, 2.24) is 19.5 Å². The molecule has 2 unspecified atom stereocenters. The predicted octanol–water partition coefficient (Wildman–Crippen LogP) is 2.35. The maximum Gasteiger partial charge on any atom is 0.256 e. The normalized spacial score (nSPS) is 24.8. The number of nitrogens with two attached hydrogens (primary N) is 1. The fraction of sp³-hybridized carbons (Fsp3) is 0.545. The Hall–Kier alpha value is -1.50. The van der Waals surface area contributed by atoms with E-state index < -0.39 is 17.8 Å². The third-order valence-electron chi connectivity index (χ3n) is 3.64. The molecule has 2 aromatic heterocycles. The van der Waals surface area contributed by atoms with Crippen LogP contribution in [-0.2, 0) is 6.54 Å². The lowest BCUT2D eigenvalue weighted by Gasteiger charge is -2.03. The number of anilines is 1. The highest BCUT2D eigenvalue weighted by Crippen LogP contribution is 2.57. The Bertz CT molecular complexity index is 641. The molecule has 0 aromatic carbocycles. The Morgan fingerprint density at radius 1 is 1.42 bits per heavy atom. The van der Waals surface area contributed by atoms with Crippen LogP contribution in [0.4, 0.5) is 14.7 Å². The van der Waals surface area contributed by atoms with Crippen molar-refractivity contribution in [2.75, 3.05) is 5.73 Å². The first kappa shape index (κ1) is 12.5. The highest BCUT2D eigenvalue weighted by molar-refractivity contribution is 6.33. The molecule has 1 saturated carbocycles. The van der Waals surface area contributed by atoms with Crippen molar-refractivity contribution < 1.29 is 8.78 Å². The topological polar surface area (TPSA) is 69.6 Å². The van der Waals surface area contributed by atoms with Gasteiger partial charge in [-0.2, -0.15) is 9.97 Å². The molecule has 0 radical (unpaired) electrons. The molecule has 102 valence electrons. The Labute approximate surface area is 112 Å². The van der Waals surface area contributed by atoms with Gasteiger partial charge in [-0.3, -0.25) is 0 Å². The summed E-state index contributed by atoms with van der Waals surface area (Å²) >= 11 is 5.88. The van der Waals surface area contributed by atoms with Crippen molar-refractivity contribution in [3.05, 3.63) is 11.5 Å². The number of hydrogen-bond acceptors (Lipinski definition) is 4. The van der Waals surface area contributed by atoms with Gasteiger partial charge in [0.05, 0.1) is 6.33 Å². The molecule has 0 saturated heterocycles. The van der Waals surface area contributed by atoms with E-state index in [4.69, 9.17) is 17.3 Å². The molecule has 3 rings (SSSR count). The van der Waals surface area contributed by atoms with Gasteiger partial charge in [-0.05, 0) is 6.42 Å². The summed E-state index contributed by atoms with van der Waals surface area (Å²) in [5, 5.41) is 0.135. The molecule has 0 spiro atoms. The van der Waals surface area contributed by atoms with Crippen molar-refractivity contribution >= 4 is 28.7 Å². The second kappa shape index (κ2) is 4.00. The number of aromatic nitrogens is 4. The molecule has 2 atom stereocenters. The van der Waals surface area contributed by atoms with Crippen LogP contribution in [0, 0.1) is 11.8 Å². The Balaban J connectivity index is 1.95. The zero-order chi connectivity index (χ0) is 13.8. The van der Waals surface area contributed by atoms with Crippen LogP contribution in [0.25, 0.3) is 11.2 Å². The van der Waals surface area contributed by atoms with Gasteiger partial charge in [0.15, 0.2) is 10.8 Å². The molecule has 2 N–H and O–H groups in total. The van der Waals surface area contributed by atoms with Crippen LogP contribution < -0.4 is 5.73 Å². The third-order valence-corrected chi connectivity index (χ3v) is 3.90. The fourth-order valence-corrected chi connectivity index (χ4v) is 2.76. The summed E-state index contributed by atoms with van der Waals surface area (Å²) in [4.78, 5) is 11.8. The first-order chi connectivity index (χ1) is 8.95. The summed E-state index contributed by atoms with van der Waals surface area (Å²) in [6.07, 6.45) is 1.91. The minimum absolute atomic E-state index is 0.00819. The zero-order valence-corrected chi connectivity index (χ0v) is 10.9. The number of nitrogen functional groups attached to an aromatic ring is 1. The van der Waals surface area contributed by atoms with E-state index in [9.17, 15) is 8.78 Å². The van der Waals surface area contributed by atoms with E-state index in [1.807, 2.05) is 0 Å². The lowest BCUT2D eigenvalue weighted by Crippen LogP contribution is -2.06. The van der Waals surface area contributed by atoms with Crippen LogP contribution in [0.15, 0.2) is 6.33 Å². The van der Waals surface area contributed by atoms with Gasteiger partial charge in [0, 0.05) is 18.4 Å². The zero-order valence-electron chi connectivity index (χ0n) is 10.1. The van der Waals surface area contributed by atoms with Crippen LogP contribution >= 0.6 is 11.6 Å². The average molecular weight is 288 g/mol. The van der Waals surface area contributed by atoms with E-state index in [1.165, 1.54) is 6.33 Å². The van der Waals surface area contributed by atoms with Crippen molar-refractivity contribution in [2.24, 2.45) is 11.8 Å². The van der Waals surface area contributed by atoms with Crippen molar-refractivity contribution in [3.8, 4) is 0 Å². The maximum atomic E-state index is 13.5. The molecule has 1 aliphatic carbocycles. The minimum Gasteiger partial charge on any atom is -0.368 e. The molecular formula is C11H12ClF2N5. The van der Waals surface area contributed by atoms with E-state index in [-0.39, 0.29) is 17.6 Å². The van der Waals surface area contributed by atoms with Crippen LogP contribution in [0.1, 0.15) is 13.3 Å². The second-order valence-electron chi connectivity index (χ2n) is 4.74. The summed E-state index contributed by atoms with van der Waals surface area (Å²) in [7, 11) is 0. The summed E-state index contributed by atoms with van der Waals surface area (Å²) in [5.74, 6) is -3.84. The number of nitrogens with zero attached hydrogens (tertiary/aromatic N) is 4. The molecule has 5 nitrogen and oxygen atoms in total. The standard InChI is InChI=1S/C11H12ClF2N5/c1-2-5-6(11(5,13)14)3-19-4-16-7-8(12)17-10(15)18-9(7)19/h4-6H,2-3H2,1H3,(H2,15,17,18). The van der Waals surface area contributed by atoms with Crippen molar-refractivity contribution in [2.45, 2.75) is 25.8 Å². The predicted molar refractivity (Wildman–Crippen MR) is 67.0 cm³/mol. The van der Waals surface area contributed by atoms with E-state index in [0.29, 0.717) is 17.6 Å². The quantitative estimate of drug-likeness (QED) is 0.880. The molecule has 1 fully saturated rings. The van der Waals surface area contributed by atoms with Crippen molar-refractivity contribution in [1.29, 1.82) is 0 Å². The average Bonchev–Trinajstić information content (AvgIpc) is 2.67. The molecular weight excluding hydrogens is 276 g/mol. The van der Waals surface area contributed by atoms with Gasteiger partial charge < -0.3 is 10.3 Å². The van der Waals surface area contributed by atoms with E-state index in [1.54, 1.807) is 11.5 Å². The Kier molecular flexibility index (Phi) is 2.63. The van der Waals surface area contributed by atoms with Gasteiger partial charge >= 0.3 is 0 Å². The van der Waals surface area contributed by atoms with Gasteiger partial charge in [0.1, 0.15) is 5.52 Å². The van der Waals surface area contributed by atoms with Gasteiger partial charge in [0.25, 0.3) is 5.92 Å². The molecule has 2 heterocycles. The number of hydrogen-bond donors (Lipinski definition) is 1. The number of rotatable bonds is 3. The third kappa shape index (κ3) is 1.83. The largest absolute Gasteiger partial charge is 0.368 e. The summed E-state index contributed by atoms with van der Waals surface area (Å²) in [6.45, 7) is 1.93. The molecule has 19 heavy (non-hydrogen) atoms. The van der Waals surface area contributed by atoms with Gasteiger partial charge in [-0.25, -0.2) is 13.8 Å². The van der Waals surface area contributed by atoms with Crippen LogP contribution in [0.5, 0.6) is 0 Å². The smallest absolute Gasteiger partial charge is 0.256 e. The first-order valence-electron chi connectivity index (χ1n) is 5.96. The molecule has 0 aliphatic heterocycles. The van der Waals surface area contributed by atoms with E-state index in [0.717, 1.165) is 0 Å². The van der Waals surface area contributed by atoms with Crippen LogP contribution in [0.3, 0.4) is 0 Å². The lowest BCUT2D eigenvalue weighted by molar-refractivity contribution is 0.0809. The van der Waals surface area contributed by atoms with Gasteiger partial charge in [-0.15, -0.1) is 0 Å². The maximum absolute atomic E-state index is 13.5. The van der Waals surface area contributed by atoms with Crippen LogP contribution in [-0.4, -0.2) is 25.4 Å². The van der Waals surface area contributed by atoms with Gasteiger partial charge in [0.2, 0.25) is 5.95 Å². The number of imidazole rings is 1. The number of fused-ring (bicyclic) bond motifs is 1. The van der Waals surface area contributed by atoms with Crippen molar-refractivity contribution in [3.63, 3.8) is 0 Å². The highest BCUT2D eigenvalue weighted by Gasteiger charge is 2.66. The van der Waals surface area contributed by atoms with E-state index in [2.05, 4.69) is 15.0 Å². The fourth-order valence-electron chi connectivity index (χ4n) is 2.54. The minimum atomic E-state index is -2.60. The molecule has 8 heteroatoms. The van der Waals surface area contributed by atoms with E-state index >= 15 is 0 Å². The summed E-state index contributed by atoms with van der Waals surface area (Å²) in [6, 6.07) is 0. The summed E-state index contributed by atoms with van der Waals surface area (Å²) in [5.41, 5.74) is 6.29. The Morgan fingerprint density at radius 2 is 2.16 bits per heavy atom. The SMILES string of the molecule is CCC1C(Cn2cnc3c(Cl)nc(N)nc32)C1(F)F. The Morgan fingerprint density at radius 3 is 2.79 bits per heavy atom. The van der Waals surface area contributed by atoms with Gasteiger partial charge in [-0.1, -0.05) is 18.5 Å². The first-order valence-corrected chi connectivity index (χ1v) is 6.34. The highest BCUT2D eigenvalue weighted by atomic mass is 35.5. The number of alkyl halides is 2. The second-order valence-corrected chi connectivity index (χ2v) is 5.10. The number of halogens is 3. The molecule has 0 amide bonds. The summed E-state index contributed by atoms with van der Waals surface area (Å²) < 4.78 is 28.6. The molecule has 1 aliphatic rings.